The van der Waals surface area contributed by atoms with E-state index in [0.29, 0.717) is 5.75 Å². The molecule has 1 aromatic carbocycles. The van der Waals surface area contributed by atoms with E-state index in [-0.39, 0.29) is 23.3 Å². The van der Waals surface area contributed by atoms with Crippen LogP contribution in [0.4, 0.5) is 0 Å². The zero-order valence-electron chi connectivity index (χ0n) is 11.9. The number of aromatic hydroxyl groups is 1. The lowest BCUT2D eigenvalue weighted by molar-refractivity contribution is 0.137. The van der Waals surface area contributed by atoms with Crippen LogP contribution in [-0.2, 0) is 5.41 Å². The number of hydrogen-bond donors (Lipinski definition) is 2. The minimum atomic E-state index is -0.375. The van der Waals surface area contributed by atoms with Crippen molar-refractivity contribution in [3.05, 3.63) is 35.9 Å². The van der Waals surface area contributed by atoms with Gasteiger partial charge in [-0.3, -0.25) is 0 Å². The Labute approximate surface area is 119 Å². The Morgan fingerprint density at radius 3 is 2.90 bits per heavy atom. The molecule has 1 fully saturated rings. The molecule has 0 spiro atoms. The summed E-state index contributed by atoms with van der Waals surface area (Å²) in [6.45, 7) is 0.995. The number of phenols is 1. The number of rotatable bonds is 2. The van der Waals surface area contributed by atoms with Crippen LogP contribution >= 0.6 is 0 Å². The molecular formula is C16H21NO3. The van der Waals surface area contributed by atoms with Crippen LogP contribution in [-0.4, -0.2) is 48.0 Å². The van der Waals surface area contributed by atoms with Crippen molar-refractivity contribution in [3.63, 3.8) is 0 Å². The number of nitrogens with zero attached hydrogens (tertiary/aromatic N) is 1. The van der Waals surface area contributed by atoms with Gasteiger partial charge < -0.3 is 19.8 Å². The Morgan fingerprint density at radius 2 is 2.20 bits per heavy atom. The van der Waals surface area contributed by atoms with Crippen LogP contribution in [0.1, 0.15) is 18.4 Å². The topological polar surface area (TPSA) is 52.9 Å². The third kappa shape index (κ3) is 1.91. The summed E-state index contributed by atoms with van der Waals surface area (Å²) in [5, 5.41) is 19.9. The third-order valence-corrected chi connectivity index (χ3v) is 4.80. The summed E-state index contributed by atoms with van der Waals surface area (Å²) in [4.78, 5) is 2.30. The molecule has 3 rings (SSSR count). The van der Waals surface area contributed by atoms with Gasteiger partial charge in [0, 0.05) is 11.5 Å². The highest BCUT2D eigenvalue weighted by Crippen LogP contribution is 2.46. The molecule has 3 atom stereocenters. The fourth-order valence-corrected chi connectivity index (χ4v) is 3.66. The van der Waals surface area contributed by atoms with E-state index < -0.39 is 0 Å². The predicted octanol–water partition coefficient (Wildman–Crippen LogP) is 1.66. The van der Waals surface area contributed by atoms with Crippen LogP contribution in [0.25, 0.3) is 0 Å². The molecule has 1 aliphatic heterocycles. The Morgan fingerprint density at radius 1 is 1.40 bits per heavy atom. The number of phenolic OH excluding ortho intramolecular Hbond substituents is 1. The van der Waals surface area contributed by atoms with Crippen molar-refractivity contribution >= 4 is 0 Å². The zero-order valence-corrected chi connectivity index (χ0v) is 11.9. The normalized spacial score (nSPS) is 33.1. The molecule has 1 saturated heterocycles. The third-order valence-electron chi connectivity index (χ3n) is 4.80. The molecule has 108 valence electrons. The number of fused-ring (bicyclic) bond motifs is 1. The van der Waals surface area contributed by atoms with Crippen LogP contribution in [0.5, 0.6) is 11.5 Å². The van der Waals surface area contributed by atoms with Gasteiger partial charge in [-0.25, -0.2) is 0 Å². The number of benzene rings is 1. The molecule has 4 heteroatoms. The van der Waals surface area contributed by atoms with Crippen molar-refractivity contribution in [1.29, 1.82) is 0 Å². The van der Waals surface area contributed by atoms with E-state index in [2.05, 4.69) is 18.0 Å². The van der Waals surface area contributed by atoms with Crippen molar-refractivity contribution in [3.8, 4) is 11.5 Å². The lowest BCUT2D eigenvalue weighted by Gasteiger charge is -2.39. The summed E-state index contributed by atoms with van der Waals surface area (Å²) < 4.78 is 5.12. The van der Waals surface area contributed by atoms with Gasteiger partial charge in [0.25, 0.3) is 0 Å². The van der Waals surface area contributed by atoms with Gasteiger partial charge in [-0.15, -0.1) is 0 Å². The molecule has 1 aromatic rings. The van der Waals surface area contributed by atoms with Crippen LogP contribution in [0.3, 0.4) is 0 Å². The Kier molecular flexibility index (Phi) is 3.22. The molecule has 2 N–H and O–H groups in total. The quantitative estimate of drug-likeness (QED) is 0.806. The molecule has 4 nitrogen and oxygen atoms in total. The standard InChI is InChI=1S/C16H21NO3/c1-17-8-7-16(6-5-12(18)10-15(16)17)11-3-4-14(20-2)13(19)9-11/h3-6,9,12,15,18-19H,7-8,10H2,1-2H3/t12-,15+,16+/m1/s1. The molecule has 0 bridgehead atoms. The molecule has 1 heterocycles. The van der Waals surface area contributed by atoms with Gasteiger partial charge in [-0.2, -0.15) is 0 Å². The highest BCUT2D eigenvalue weighted by atomic mass is 16.5. The number of methoxy groups -OCH3 is 1. The van der Waals surface area contributed by atoms with E-state index in [4.69, 9.17) is 4.74 Å². The minimum absolute atomic E-state index is 0.113. The van der Waals surface area contributed by atoms with Crippen molar-refractivity contribution < 1.29 is 14.9 Å². The number of aliphatic hydroxyl groups excluding tert-OH is 1. The van der Waals surface area contributed by atoms with Gasteiger partial charge in [-0.1, -0.05) is 18.2 Å². The maximum absolute atomic E-state index is 10.0. The number of likely N-dealkylation sites (tertiary alicyclic amines) is 1. The summed E-state index contributed by atoms with van der Waals surface area (Å²) in [7, 11) is 3.65. The van der Waals surface area contributed by atoms with Gasteiger partial charge in [0.1, 0.15) is 0 Å². The molecule has 0 radical (unpaired) electrons. The molecule has 0 aromatic heterocycles. The lowest BCUT2D eigenvalue weighted by atomic mass is 9.69. The molecule has 1 aliphatic carbocycles. The van der Waals surface area contributed by atoms with Gasteiger partial charge in [-0.05, 0) is 44.1 Å². The summed E-state index contributed by atoms with van der Waals surface area (Å²) >= 11 is 0. The van der Waals surface area contributed by atoms with E-state index >= 15 is 0 Å². The van der Waals surface area contributed by atoms with Gasteiger partial charge >= 0.3 is 0 Å². The van der Waals surface area contributed by atoms with Crippen LogP contribution in [0.2, 0.25) is 0 Å². The zero-order chi connectivity index (χ0) is 14.3. The summed E-state index contributed by atoms with van der Waals surface area (Å²) in [5.74, 6) is 0.667. The number of hydrogen-bond acceptors (Lipinski definition) is 4. The molecule has 0 amide bonds. The van der Waals surface area contributed by atoms with E-state index in [9.17, 15) is 10.2 Å². The second-order valence-electron chi connectivity index (χ2n) is 5.84. The van der Waals surface area contributed by atoms with Gasteiger partial charge in [0.2, 0.25) is 0 Å². The van der Waals surface area contributed by atoms with E-state index in [1.54, 1.807) is 13.2 Å². The maximum atomic E-state index is 10.0. The predicted molar refractivity (Wildman–Crippen MR) is 77.1 cm³/mol. The summed E-state index contributed by atoms with van der Waals surface area (Å²) in [6.07, 6.45) is 5.37. The van der Waals surface area contributed by atoms with E-state index in [0.717, 1.165) is 24.9 Å². The minimum Gasteiger partial charge on any atom is -0.504 e. The van der Waals surface area contributed by atoms with Crippen LogP contribution in [0.15, 0.2) is 30.4 Å². The first kappa shape index (κ1) is 13.5. The molecular weight excluding hydrogens is 254 g/mol. The number of ether oxygens (including phenoxy) is 1. The van der Waals surface area contributed by atoms with Crippen molar-refractivity contribution in [2.24, 2.45) is 0 Å². The van der Waals surface area contributed by atoms with E-state index in [1.807, 2.05) is 18.2 Å². The van der Waals surface area contributed by atoms with Crippen molar-refractivity contribution in [1.82, 2.24) is 4.90 Å². The smallest absolute Gasteiger partial charge is 0.160 e. The fourth-order valence-electron chi connectivity index (χ4n) is 3.66. The van der Waals surface area contributed by atoms with Gasteiger partial charge in [0.05, 0.1) is 13.2 Å². The molecule has 20 heavy (non-hydrogen) atoms. The monoisotopic (exact) mass is 275 g/mol. The van der Waals surface area contributed by atoms with E-state index in [1.165, 1.54) is 0 Å². The Bertz CT molecular complexity index is 543. The first-order chi connectivity index (χ1) is 9.56. The average molecular weight is 275 g/mol. The second kappa shape index (κ2) is 4.79. The van der Waals surface area contributed by atoms with Crippen molar-refractivity contribution in [2.45, 2.75) is 30.4 Å². The van der Waals surface area contributed by atoms with Crippen LogP contribution in [0, 0.1) is 0 Å². The molecule has 0 unspecified atom stereocenters. The second-order valence-corrected chi connectivity index (χ2v) is 5.84. The summed E-state index contributed by atoms with van der Waals surface area (Å²) in [6, 6.07) is 5.91. The number of likely N-dealkylation sites (N-methyl/N-ethyl adjacent to an activating group) is 1. The maximum Gasteiger partial charge on any atom is 0.160 e. The Hall–Kier alpha value is -1.52. The van der Waals surface area contributed by atoms with Crippen molar-refractivity contribution in [2.75, 3.05) is 20.7 Å². The Balaban J connectivity index is 2.06. The highest BCUT2D eigenvalue weighted by molar-refractivity contribution is 5.48. The fraction of sp³-hybridized carbons (Fsp3) is 0.500. The first-order valence-corrected chi connectivity index (χ1v) is 7.02. The summed E-state index contributed by atoms with van der Waals surface area (Å²) in [5.41, 5.74) is 0.978. The number of aliphatic hydroxyl groups is 1. The highest BCUT2D eigenvalue weighted by Gasteiger charge is 2.47. The molecule has 0 saturated carbocycles. The van der Waals surface area contributed by atoms with Gasteiger partial charge in [0.15, 0.2) is 11.5 Å². The largest absolute Gasteiger partial charge is 0.504 e. The first-order valence-electron chi connectivity index (χ1n) is 7.02. The molecule has 2 aliphatic rings. The SMILES string of the molecule is COc1ccc([C@@]23C=C[C@@H](O)C[C@@H]2N(C)CC3)cc1O. The van der Waals surface area contributed by atoms with Crippen LogP contribution < -0.4 is 4.74 Å². The lowest BCUT2D eigenvalue weighted by Crippen LogP contribution is -2.44. The average Bonchev–Trinajstić information content (AvgIpc) is 2.77.